The largest absolute Gasteiger partial charge is 1.00 e. The van der Waals surface area contributed by atoms with Gasteiger partial charge in [-0.15, -0.1) is 0 Å². The summed E-state index contributed by atoms with van der Waals surface area (Å²) in [6.45, 7) is -0.227. The molecule has 3 aliphatic heterocycles. The molecule has 3 heterocycles. The number of nitrogens with one attached hydrogen (secondary N) is 2. The third-order valence-corrected chi connectivity index (χ3v) is 9.49. The molecule has 11 heteroatoms. The van der Waals surface area contributed by atoms with E-state index in [1.807, 2.05) is 48.5 Å². The third-order valence-electron chi connectivity index (χ3n) is 9.17. The molecule has 0 unspecified atom stereocenters. The summed E-state index contributed by atoms with van der Waals surface area (Å²) in [5, 5.41) is 15.6. The first-order valence-corrected chi connectivity index (χ1v) is 15.0. The molecular weight excluding hydrogens is 697 g/mol. The number of carbonyl (C=O) groups is 2. The maximum Gasteiger partial charge on any atom is 0.411 e. The number of anilines is 2. The Morgan fingerprint density at radius 2 is 1.70 bits per heavy atom. The van der Waals surface area contributed by atoms with Crippen LogP contribution in [0.15, 0.2) is 60.7 Å². The molecule has 0 saturated carbocycles. The maximum absolute atomic E-state index is 13.2. The molecule has 0 spiro atoms. The van der Waals surface area contributed by atoms with Gasteiger partial charge in [0, 0.05) is 36.5 Å². The Morgan fingerprint density at radius 1 is 1.00 bits per heavy atom. The molecule has 2 amide bonds. The van der Waals surface area contributed by atoms with E-state index in [-0.39, 0.29) is 61.2 Å². The van der Waals surface area contributed by atoms with E-state index in [0.29, 0.717) is 46.2 Å². The van der Waals surface area contributed by atoms with Gasteiger partial charge in [-0.2, -0.15) is 0 Å². The lowest BCUT2D eigenvalue weighted by atomic mass is 9.96. The van der Waals surface area contributed by atoms with Gasteiger partial charge in [0.1, 0.15) is 36.1 Å². The van der Waals surface area contributed by atoms with Gasteiger partial charge in [0.15, 0.2) is 0 Å². The van der Waals surface area contributed by atoms with Gasteiger partial charge in [-0.05, 0) is 29.7 Å². The first kappa shape index (κ1) is 32.5. The summed E-state index contributed by atoms with van der Waals surface area (Å²) in [4.78, 5) is 26.0. The fourth-order valence-electron chi connectivity index (χ4n) is 6.79. The average molecular weight is 734 g/mol. The highest BCUT2D eigenvalue weighted by Crippen LogP contribution is 2.51. The van der Waals surface area contributed by atoms with Crippen LogP contribution >= 0.6 is 11.6 Å². The van der Waals surface area contributed by atoms with Crippen molar-refractivity contribution >= 4 is 35.0 Å². The second-order valence-corrected chi connectivity index (χ2v) is 12.5. The van der Waals surface area contributed by atoms with Crippen molar-refractivity contribution in [3.05, 3.63) is 76.8 Å². The molecule has 0 aliphatic carbocycles. The molecular formula is C33H37ClIN3O6. The Labute approximate surface area is 279 Å². The number of nitrogens with zero attached hydrogens (tertiary/aromatic N) is 1. The fraction of sp³-hybridized carbons (Fsp3) is 0.394. The second-order valence-electron chi connectivity index (χ2n) is 12.0. The minimum atomic E-state index is -0.479. The molecule has 3 aliphatic rings. The summed E-state index contributed by atoms with van der Waals surface area (Å²) in [6.07, 6.45) is 2.15. The summed E-state index contributed by atoms with van der Waals surface area (Å²) in [7, 11) is 5.99. The van der Waals surface area contributed by atoms with Gasteiger partial charge in [0.2, 0.25) is 5.91 Å². The number of hydrogen-bond donors (Lipinski definition) is 3. The van der Waals surface area contributed by atoms with Gasteiger partial charge in [0.25, 0.3) is 0 Å². The lowest BCUT2D eigenvalue weighted by molar-refractivity contribution is -0.938. The zero-order chi connectivity index (χ0) is 30.3. The molecule has 234 valence electrons. The standard InChI is InChI=1S/C33H36ClN3O6.HI/c1-37(2)27-15-22(16-28(37)32-31(27)43-32)42-33(40)36-25-13-19(9-11-23(25)20-7-5-4-6-8-20)10-12-30(39)35-26-17-29(41-3)21(18-38)14-24(26)34;/h4-9,11,13-14,17,22,27-28,31-32,38H,10,12,15-16,18H2,1-3H3,(H-,35,36,39,40);1H/t22-,27-,28+,31-,32+;. The topological polar surface area (TPSA) is 109 Å². The number of methoxy groups -OCH3 is 1. The van der Waals surface area contributed by atoms with E-state index in [4.69, 9.17) is 25.8 Å². The van der Waals surface area contributed by atoms with Gasteiger partial charge >= 0.3 is 6.09 Å². The summed E-state index contributed by atoms with van der Waals surface area (Å²) in [5.41, 5.74) is 4.28. The number of morpholine rings is 1. The Morgan fingerprint density at radius 3 is 2.36 bits per heavy atom. The van der Waals surface area contributed by atoms with Crippen molar-refractivity contribution in [2.45, 2.75) is 62.7 Å². The van der Waals surface area contributed by atoms with Crippen molar-refractivity contribution < 1.29 is 57.4 Å². The first-order valence-electron chi connectivity index (χ1n) is 14.6. The molecule has 2 bridgehead atoms. The van der Waals surface area contributed by atoms with E-state index in [1.165, 1.54) is 7.11 Å². The highest BCUT2D eigenvalue weighted by Gasteiger charge is 2.70. The van der Waals surface area contributed by atoms with Gasteiger partial charge in [-0.3, -0.25) is 10.1 Å². The van der Waals surface area contributed by atoms with Crippen LogP contribution in [-0.2, 0) is 27.3 Å². The number of piperidine rings is 1. The number of epoxide rings is 1. The van der Waals surface area contributed by atoms with Crippen LogP contribution < -0.4 is 39.3 Å². The van der Waals surface area contributed by atoms with Crippen molar-refractivity contribution in [1.29, 1.82) is 0 Å². The van der Waals surface area contributed by atoms with Crippen LogP contribution in [0.1, 0.15) is 30.4 Å². The quantitative estimate of drug-likeness (QED) is 0.177. The van der Waals surface area contributed by atoms with Gasteiger partial charge < -0.3 is 53.1 Å². The summed E-state index contributed by atoms with van der Waals surface area (Å²) >= 11 is 6.32. The lowest BCUT2D eigenvalue weighted by Crippen LogP contribution is -3.00. The first-order chi connectivity index (χ1) is 20.7. The number of quaternary nitrogens is 1. The SMILES string of the molecule is COc1cc(NC(=O)CCc2ccc(-c3ccccc3)c(NC(=O)O[C@@H]3C[C@@H]4[C@H]5O[C@H]5[C@H](C3)[N+]4(C)C)c2)c(Cl)cc1CO.[I-]. The van der Waals surface area contributed by atoms with Crippen LogP contribution in [0, 0.1) is 0 Å². The summed E-state index contributed by atoms with van der Waals surface area (Å²) in [6, 6.07) is 19.5. The summed E-state index contributed by atoms with van der Waals surface area (Å²) < 4.78 is 18.0. The average Bonchev–Trinajstić information content (AvgIpc) is 3.76. The molecule has 3 saturated heterocycles. The normalized spacial score (nSPS) is 24.0. The van der Waals surface area contributed by atoms with E-state index in [1.54, 1.807) is 12.1 Å². The summed E-state index contributed by atoms with van der Waals surface area (Å²) in [5.74, 6) is 0.215. The van der Waals surface area contributed by atoms with E-state index >= 15 is 0 Å². The van der Waals surface area contributed by atoms with Crippen LogP contribution in [0.3, 0.4) is 0 Å². The van der Waals surface area contributed by atoms with Gasteiger partial charge in [-0.25, -0.2) is 4.79 Å². The lowest BCUT2D eigenvalue weighted by Gasteiger charge is -2.45. The zero-order valence-corrected chi connectivity index (χ0v) is 27.8. The third kappa shape index (κ3) is 6.55. The minimum Gasteiger partial charge on any atom is -1.00 e. The molecule has 3 fully saturated rings. The van der Waals surface area contributed by atoms with Gasteiger partial charge in [-0.1, -0.05) is 54.1 Å². The van der Waals surface area contributed by atoms with Crippen LogP contribution in [-0.4, -0.2) is 73.2 Å². The number of halogens is 2. The van der Waals surface area contributed by atoms with E-state index in [2.05, 4.69) is 24.7 Å². The highest BCUT2D eigenvalue weighted by atomic mass is 127. The number of benzene rings is 3. The maximum atomic E-state index is 13.2. The number of aliphatic hydroxyl groups excluding tert-OH is 1. The molecule has 3 aromatic rings. The van der Waals surface area contributed by atoms with Crippen LogP contribution in [0.2, 0.25) is 5.02 Å². The second kappa shape index (κ2) is 13.2. The highest BCUT2D eigenvalue weighted by molar-refractivity contribution is 6.33. The molecule has 9 nitrogen and oxygen atoms in total. The monoisotopic (exact) mass is 733 g/mol. The van der Waals surface area contributed by atoms with E-state index in [0.717, 1.165) is 34.0 Å². The van der Waals surface area contributed by atoms with E-state index in [9.17, 15) is 14.7 Å². The molecule has 44 heavy (non-hydrogen) atoms. The number of aryl methyl sites for hydroxylation is 1. The molecule has 0 aromatic heterocycles. The van der Waals surface area contributed by atoms with Gasteiger partial charge in [0.05, 0.1) is 44.2 Å². The van der Waals surface area contributed by atoms with Crippen molar-refractivity contribution in [3.63, 3.8) is 0 Å². The zero-order valence-electron chi connectivity index (χ0n) is 24.9. The molecule has 6 rings (SSSR count). The number of likely N-dealkylation sites (N-methyl/N-ethyl adjacent to an activating group) is 1. The number of ether oxygens (including phenoxy) is 3. The minimum absolute atomic E-state index is 0. The Kier molecular flexibility index (Phi) is 9.76. The number of aliphatic hydroxyl groups is 1. The molecule has 5 atom stereocenters. The smallest absolute Gasteiger partial charge is 0.411 e. The van der Waals surface area contributed by atoms with Crippen LogP contribution in [0.25, 0.3) is 11.1 Å². The number of fused-ring (bicyclic) bond motifs is 5. The fourth-order valence-corrected chi connectivity index (χ4v) is 7.02. The predicted octanol–water partition coefficient (Wildman–Crippen LogP) is 2.39. The number of amides is 2. The van der Waals surface area contributed by atoms with E-state index < -0.39 is 6.09 Å². The van der Waals surface area contributed by atoms with Crippen LogP contribution in [0.4, 0.5) is 16.2 Å². The molecule has 3 aromatic carbocycles. The van der Waals surface area contributed by atoms with Crippen molar-refractivity contribution in [3.8, 4) is 16.9 Å². The van der Waals surface area contributed by atoms with Crippen molar-refractivity contribution in [2.75, 3.05) is 31.8 Å². The molecule has 3 N–H and O–H groups in total. The number of hydrogen-bond acceptors (Lipinski definition) is 6. The molecule has 0 radical (unpaired) electrons. The van der Waals surface area contributed by atoms with Crippen molar-refractivity contribution in [1.82, 2.24) is 0 Å². The number of rotatable bonds is 9. The number of carbonyl (C=O) groups excluding carboxylic acids is 2. The Bertz CT molecular complexity index is 1520. The predicted molar refractivity (Wildman–Crippen MR) is 164 cm³/mol. The Hall–Kier alpha value is -2.90. The van der Waals surface area contributed by atoms with Crippen LogP contribution in [0.5, 0.6) is 5.75 Å². The Balaban J connectivity index is 0.00000384. The van der Waals surface area contributed by atoms with Crippen molar-refractivity contribution in [2.24, 2.45) is 0 Å².